The molecule has 4 rings (SSSR count). The number of barbiturate groups is 1. The SMILES string of the molecule is COc1cc(/C=C2\C(=O)NC(=O)N(c3ccc(C)c(Cl)c3)C2=O)cc(Cl)c1Cc1ccccc1Cl. The number of ether oxygens (including phenoxy) is 1. The van der Waals surface area contributed by atoms with Crippen LogP contribution in [-0.4, -0.2) is 25.0 Å². The van der Waals surface area contributed by atoms with Crippen molar-refractivity contribution in [2.45, 2.75) is 13.3 Å². The minimum absolute atomic E-state index is 0.238. The van der Waals surface area contributed by atoms with Crippen LogP contribution in [0.15, 0.2) is 60.2 Å². The molecule has 0 bridgehead atoms. The first-order valence-electron chi connectivity index (χ1n) is 10.5. The second-order valence-corrected chi connectivity index (χ2v) is 9.06. The molecule has 178 valence electrons. The Morgan fingerprint density at radius 2 is 1.69 bits per heavy atom. The molecule has 6 nitrogen and oxygen atoms in total. The Labute approximate surface area is 217 Å². The van der Waals surface area contributed by atoms with Crippen molar-refractivity contribution in [2.24, 2.45) is 0 Å². The molecule has 1 fully saturated rings. The third-order valence-electron chi connectivity index (χ3n) is 5.55. The van der Waals surface area contributed by atoms with Crippen LogP contribution in [0.5, 0.6) is 5.75 Å². The molecule has 0 spiro atoms. The molecule has 0 unspecified atom stereocenters. The molecule has 0 atom stereocenters. The second-order valence-electron chi connectivity index (χ2n) is 7.84. The summed E-state index contributed by atoms with van der Waals surface area (Å²) in [5.74, 6) is -1.13. The summed E-state index contributed by atoms with van der Waals surface area (Å²) in [7, 11) is 1.50. The average Bonchev–Trinajstić information content (AvgIpc) is 2.81. The van der Waals surface area contributed by atoms with Gasteiger partial charge in [0, 0.05) is 27.1 Å². The highest BCUT2D eigenvalue weighted by Crippen LogP contribution is 2.34. The number of nitrogens with zero attached hydrogens (tertiary/aromatic N) is 1. The number of rotatable bonds is 5. The molecule has 35 heavy (non-hydrogen) atoms. The van der Waals surface area contributed by atoms with Gasteiger partial charge in [-0.25, -0.2) is 9.69 Å². The number of halogens is 3. The van der Waals surface area contributed by atoms with E-state index in [-0.39, 0.29) is 11.3 Å². The molecule has 0 saturated carbocycles. The van der Waals surface area contributed by atoms with Gasteiger partial charge in [0.25, 0.3) is 11.8 Å². The van der Waals surface area contributed by atoms with Crippen LogP contribution in [0, 0.1) is 6.92 Å². The Balaban J connectivity index is 1.72. The standard InChI is InChI=1S/C26H19Cl3N2O4/c1-14-7-8-17(13-21(14)28)31-25(33)19(24(32)30-26(31)34)9-15-10-22(29)18(23(11-15)35-2)12-16-5-3-4-6-20(16)27/h3-11,13H,12H2,1-2H3,(H,30,32,34)/b19-9+. The molecule has 9 heteroatoms. The smallest absolute Gasteiger partial charge is 0.335 e. The predicted molar refractivity (Wildman–Crippen MR) is 137 cm³/mol. The molecule has 1 N–H and O–H groups in total. The van der Waals surface area contributed by atoms with Crippen LogP contribution < -0.4 is 15.0 Å². The van der Waals surface area contributed by atoms with E-state index in [0.29, 0.717) is 38.4 Å². The number of hydrogen-bond acceptors (Lipinski definition) is 4. The van der Waals surface area contributed by atoms with E-state index in [0.717, 1.165) is 16.0 Å². The molecule has 1 aliphatic rings. The van der Waals surface area contributed by atoms with Crippen molar-refractivity contribution in [3.8, 4) is 5.75 Å². The zero-order valence-electron chi connectivity index (χ0n) is 18.7. The van der Waals surface area contributed by atoms with Crippen LogP contribution in [0.4, 0.5) is 10.5 Å². The van der Waals surface area contributed by atoms with E-state index in [1.165, 1.54) is 19.3 Å². The lowest BCUT2D eigenvalue weighted by atomic mass is 10.00. The van der Waals surface area contributed by atoms with Gasteiger partial charge >= 0.3 is 6.03 Å². The lowest BCUT2D eigenvalue weighted by molar-refractivity contribution is -0.122. The normalized spacial score (nSPS) is 14.9. The minimum Gasteiger partial charge on any atom is -0.496 e. The quantitative estimate of drug-likeness (QED) is 0.314. The van der Waals surface area contributed by atoms with E-state index in [1.54, 1.807) is 37.3 Å². The molecule has 4 amide bonds. The van der Waals surface area contributed by atoms with Crippen molar-refractivity contribution in [2.75, 3.05) is 12.0 Å². The van der Waals surface area contributed by atoms with Crippen LogP contribution in [0.1, 0.15) is 22.3 Å². The van der Waals surface area contributed by atoms with Gasteiger partial charge in [-0.2, -0.15) is 0 Å². The van der Waals surface area contributed by atoms with E-state index in [2.05, 4.69) is 5.32 Å². The predicted octanol–water partition coefficient (Wildman–Crippen LogP) is 6.22. The first-order chi connectivity index (χ1) is 16.7. The van der Waals surface area contributed by atoms with Crippen LogP contribution in [0.3, 0.4) is 0 Å². The summed E-state index contributed by atoms with van der Waals surface area (Å²) in [6.45, 7) is 1.80. The minimum atomic E-state index is -0.859. The molecule has 0 aliphatic carbocycles. The third-order valence-corrected chi connectivity index (χ3v) is 6.66. The van der Waals surface area contributed by atoms with Gasteiger partial charge in [0.2, 0.25) is 0 Å². The molecule has 1 aliphatic heterocycles. The number of carbonyl (C=O) groups is 3. The monoisotopic (exact) mass is 528 g/mol. The molecule has 1 saturated heterocycles. The van der Waals surface area contributed by atoms with Crippen LogP contribution in [-0.2, 0) is 16.0 Å². The van der Waals surface area contributed by atoms with E-state index in [1.807, 2.05) is 18.2 Å². The van der Waals surface area contributed by atoms with Gasteiger partial charge in [0.05, 0.1) is 12.8 Å². The first-order valence-corrected chi connectivity index (χ1v) is 11.6. The van der Waals surface area contributed by atoms with Crippen LogP contribution in [0.2, 0.25) is 15.1 Å². The second kappa shape index (κ2) is 10.1. The number of nitrogens with one attached hydrogen (secondary N) is 1. The fourth-order valence-electron chi connectivity index (χ4n) is 3.68. The van der Waals surface area contributed by atoms with Crippen molar-refractivity contribution in [1.29, 1.82) is 0 Å². The number of urea groups is 1. The highest BCUT2D eigenvalue weighted by Gasteiger charge is 2.37. The summed E-state index contributed by atoms with van der Waals surface area (Å²) in [5.41, 5.74) is 2.81. The molecular weight excluding hydrogens is 511 g/mol. The van der Waals surface area contributed by atoms with E-state index < -0.39 is 17.8 Å². The Bertz CT molecular complexity index is 1400. The Morgan fingerprint density at radius 3 is 2.37 bits per heavy atom. The van der Waals surface area contributed by atoms with Crippen molar-refractivity contribution in [3.63, 3.8) is 0 Å². The summed E-state index contributed by atoms with van der Waals surface area (Å²) in [4.78, 5) is 39.1. The van der Waals surface area contributed by atoms with Gasteiger partial charge in [0.1, 0.15) is 11.3 Å². The fraction of sp³-hybridized carbons (Fsp3) is 0.115. The molecule has 3 aromatic rings. The van der Waals surface area contributed by atoms with E-state index in [9.17, 15) is 14.4 Å². The summed E-state index contributed by atoms with van der Waals surface area (Å²) in [5, 5.41) is 3.55. The summed E-state index contributed by atoms with van der Waals surface area (Å²) < 4.78 is 5.53. The van der Waals surface area contributed by atoms with Gasteiger partial charge in [-0.15, -0.1) is 0 Å². The average molecular weight is 530 g/mol. The molecule has 0 radical (unpaired) electrons. The maximum Gasteiger partial charge on any atom is 0.335 e. The van der Waals surface area contributed by atoms with Crippen LogP contribution >= 0.6 is 34.8 Å². The number of benzene rings is 3. The lowest BCUT2D eigenvalue weighted by Crippen LogP contribution is -2.54. The van der Waals surface area contributed by atoms with Crippen LogP contribution in [0.25, 0.3) is 6.08 Å². The molecular formula is C26H19Cl3N2O4. The van der Waals surface area contributed by atoms with Gasteiger partial charge in [-0.05, 0) is 60.0 Å². The highest BCUT2D eigenvalue weighted by molar-refractivity contribution is 6.39. The topological polar surface area (TPSA) is 75.7 Å². The first kappa shape index (κ1) is 24.8. The highest BCUT2D eigenvalue weighted by atomic mass is 35.5. The summed E-state index contributed by atoms with van der Waals surface area (Å²) in [6.07, 6.45) is 1.79. The molecule has 0 aromatic heterocycles. The third kappa shape index (κ3) is 5.05. The van der Waals surface area contributed by atoms with Crippen molar-refractivity contribution < 1.29 is 19.1 Å². The van der Waals surface area contributed by atoms with Crippen molar-refractivity contribution in [3.05, 3.63) is 97.5 Å². The fourth-order valence-corrected chi connectivity index (χ4v) is 4.34. The summed E-state index contributed by atoms with van der Waals surface area (Å²) in [6, 6.07) is 14.6. The van der Waals surface area contributed by atoms with Gasteiger partial charge in [-0.1, -0.05) is 59.1 Å². The summed E-state index contributed by atoms with van der Waals surface area (Å²) >= 11 is 19.0. The van der Waals surface area contributed by atoms with Gasteiger partial charge < -0.3 is 4.74 Å². The largest absolute Gasteiger partial charge is 0.496 e. The number of methoxy groups -OCH3 is 1. The number of imide groups is 2. The number of aryl methyl sites for hydroxylation is 1. The van der Waals surface area contributed by atoms with Gasteiger partial charge in [-0.3, -0.25) is 14.9 Å². The van der Waals surface area contributed by atoms with Crippen molar-refractivity contribution in [1.82, 2.24) is 5.32 Å². The Hall–Kier alpha value is -3.32. The number of anilines is 1. The zero-order chi connectivity index (χ0) is 25.3. The van der Waals surface area contributed by atoms with E-state index >= 15 is 0 Å². The maximum atomic E-state index is 13.2. The number of hydrogen-bond donors (Lipinski definition) is 1. The number of amides is 4. The van der Waals surface area contributed by atoms with E-state index in [4.69, 9.17) is 39.5 Å². The zero-order valence-corrected chi connectivity index (χ0v) is 21.0. The lowest BCUT2D eigenvalue weighted by Gasteiger charge is -2.26. The maximum absolute atomic E-state index is 13.2. The van der Waals surface area contributed by atoms with Gasteiger partial charge in [0.15, 0.2) is 0 Å². The molecule has 1 heterocycles. The number of carbonyl (C=O) groups excluding carboxylic acids is 3. The Morgan fingerprint density at radius 1 is 0.943 bits per heavy atom. The molecule has 3 aromatic carbocycles. The van der Waals surface area contributed by atoms with Crippen molar-refractivity contribution >= 4 is 64.4 Å². The Kier molecular flexibility index (Phi) is 7.17.